The minimum absolute atomic E-state index is 0.200. The third-order valence-corrected chi connectivity index (χ3v) is 4.56. The highest BCUT2D eigenvalue weighted by molar-refractivity contribution is 7.92. The summed E-state index contributed by atoms with van der Waals surface area (Å²) in [7, 11) is -1.35. The number of rotatable bonds is 5. The topological polar surface area (TPSA) is 64.6 Å². The van der Waals surface area contributed by atoms with Crippen molar-refractivity contribution >= 4 is 15.7 Å². The van der Waals surface area contributed by atoms with E-state index in [0.717, 1.165) is 12.1 Å². The summed E-state index contributed by atoms with van der Waals surface area (Å²) in [5.74, 6) is -1.28. The lowest BCUT2D eigenvalue weighted by molar-refractivity contribution is 0.355. The highest BCUT2D eigenvalue weighted by Crippen LogP contribution is 2.34. The molecule has 0 saturated carbocycles. The number of ether oxygens (including phenoxy) is 2. The predicted octanol–water partition coefficient (Wildman–Crippen LogP) is 3.09. The van der Waals surface area contributed by atoms with Crippen molar-refractivity contribution in [2.45, 2.75) is 11.8 Å². The van der Waals surface area contributed by atoms with Gasteiger partial charge in [0.05, 0.1) is 19.9 Å². The number of halogens is 2. The molecule has 5 nitrogen and oxygen atoms in total. The van der Waals surface area contributed by atoms with Crippen LogP contribution in [0.2, 0.25) is 0 Å². The van der Waals surface area contributed by atoms with Crippen molar-refractivity contribution in [3.63, 3.8) is 0 Å². The van der Waals surface area contributed by atoms with Crippen molar-refractivity contribution in [3.8, 4) is 11.5 Å². The lowest BCUT2D eigenvalue weighted by atomic mass is 10.2. The molecule has 0 fully saturated rings. The Balaban J connectivity index is 2.45. The Hall–Kier alpha value is -2.35. The van der Waals surface area contributed by atoms with Gasteiger partial charge < -0.3 is 9.47 Å². The third kappa shape index (κ3) is 3.53. The van der Waals surface area contributed by atoms with Crippen LogP contribution < -0.4 is 14.2 Å². The van der Waals surface area contributed by atoms with Crippen LogP contribution in [0, 0.1) is 18.6 Å². The summed E-state index contributed by atoms with van der Waals surface area (Å²) in [5.41, 5.74) is 0.750. The monoisotopic (exact) mass is 343 g/mol. The van der Waals surface area contributed by atoms with Gasteiger partial charge in [-0.25, -0.2) is 17.2 Å². The highest BCUT2D eigenvalue weighted by atomic mass is 32.2. The SMILES string of the molecule is COc1cc(C)c(NS(=O)(=O)c2ccc(F)cc2F)cc1OC. The normalized spacial score (nSPS) is 11.2. The fourth-order valence-corrected chi connectivity index (χ4v) is 3.17. The molecule has 0 amide bonds. The zero-order valence-electron chi connectivity index (χ0n) is 12.7. The molecule has 23 heavy (non-hydrogen) atoms. The first-order valence-corrected chi connectivity index (χ1v) is 7.97. The molecule has 0 radical (unpaired) electrons. The fraction of sp³-hybridized carbons (Fsp3) is 0.200. The van der Waals surface area contributed by atoms with Crippen molar-refractivity contribution in [1.82, 2.24) is 0 Å². The van der Waals surface area contributed by atoms with E-state index in [4.69, 9.17) is 9.47 Å². The molecule has 0 aliphatic carbocycles. The summed E-state index contributed by atoms with van der Waals surface area (Å²) in [6.07, 6.45) is 0. The Kier molecular flexibility index (Phi) is 4.74. The molecule has 2 aromatic carbocycles. The molecule has 0 atom stereocenters. The molecular weight excluding hydrogens is 328 g/mol. The van der Waals surface area contributed by atoms with Crippen LogP contribution in [-0.2, 0) is 10.0 Å². The van der Waals surface area contributed by atoms with E-state index in [0.29, 0.717) is 23.1 Å². The number of benzene rings is 2. The zero-order chi connectivity index (χ0) is 17.2. The Morgan fingerprint density at radius 3 is 2.17 bits per heavy atom. The van der Waals surface area contributed by atoms with Gasteiger partial charge in [-0.3, -0.25) is 4.72 Å². The summed E-state index contributed by atoms with van der Waals surface area (Å²) in [5, 5.41) is 0. The smallest absolute Gasteiger partial charge is 0.264 e. The number of sulfonamides is 1. The standard InChI is InChI=1S/C15H15F2NO4S/c1-9-6-13(21-2)14(22-3)8-12(9)18-23(19,20)15-5-4-10(16)7-11(15)17/h4-8,18H,1-3H3. The Bertz CT molecular complexity index is 838. The van der Waals surface area contributed by atoms with E-state index >= 15 is 0 Å². The van der Waals surface area contributed by atoms with Crippen molar-refractivity contribution in [1.29, 1.82) is 0 Å². The van der Waals surface area contributed by atoms with E-state index < -0.39 is 26.6 Å². The van der Waals surface area contributed by atoms with Crippen LogP contribution in [0.15, 0.2) is 35.2 Å². The second-order valence-corrected chi connectivity index (χ2v) is 6.35. The van der Waals surface area contributed by atoms with Crippen LogP contribution in [0.3, 0.4) is 0 Å². The van der Waals surface area contributed by atoms with Gasteiger partial charge in [0.15, 0.2) is 11.5 Å². The van der Waals surface area contributed by atoms with Crippen molar-refractivity contribution in [2.75, 3.05) is 18.9 Å². The second kappa shape index (κ2) is 6.41. The number of nitrogens with one attached hydrogen (secondary N) is 1. The maximum atomic E-state index is 13.7. The zero-order valence-corrected chi connectivity index (χ0v) is 13.5. The quantitative estimate of drug-likeness (QED) is 0.906. The molecule has 1 N–H and O–H groups in total. The highest BCUT2D eigenvalue weighted by Gasteiger charge is 2.21. The summed E-state index contributed by atoms with van der Waals surface area (Å²) in [4.78, 5) is -0.645. The van der Waals surface area contributed by atoms with Crippen LogP contribution in [0.4, 0.5) is 14.5 Å². The summed E-state index contributed by atoms with van der Waals surface area (Å²) >= 11 is 0. The van der Waals surface area contributed by atoms with Gasteiger partial charge in [-0.15, -0.1) is 0 Å². The predicted molar refractivity (Wildman–Crippen MR) is 81.4 cm³/mol. The number of aryl methyl sites for hydroxylation is 1. The second-order valence-electron chi connectivity index (χ2n) is 4.70. The molecule has 0 aliphatic rings. The maximum absolute atomic E-state index is 13.7. The molecule has 2 aromatic rings. The number of methoxy groups -OCH3 is 2. The minimum atomic E-state index is -4.22. The summed E-state index contributed by atoms with van der Waals surface area (Å²) in [6.45, 7) is 1.65. The van der Waals surface area contributed by atoms with Gasteiger partial charge in [0, 0.05) is 12.1 Å². The van der Waals surface area contributed by atoms with Gasteiger partial charge in [-0.1, -0.05) is 0 Å². The van der Waals surface area contributed by atoms with Gasteiger partial charge >= 0.3 is 0 Å². The summed E-state index contributed by atoms with van der Waals surface area (Å²) in [6, 6.07) is 5.25. The van der Waals surface area contributed by atoms with Gasteiger partial charge in [0.1, 0.15) is 16.5 Å². The number of hydrogen-bond donors (Lipinski definition) is 1. The van der Waals surface area contributed by atoms with Crippen LogP contribution in [-0.4, -0.2) is 22.6 Å². The molecule has 2 rings (SSSR count). The molecule has 0 heterocycles. The average Bonchev–Trinajstić information content (AvgIpc) is 2.48. The van der Waals surface area contributed by atoms with Crippen LogP contribution in [0.25, 0.3) is 0 Å². The summed E-state index contributed by atoms with van der Waals surface area (Å²) < 4.78 is 63.7. The Morgan fingerprint density at radius 1 is 1.00 bits per heavy atom. The molecule has 0 aromatic heterocycles. The van der Waals surface area contributed by atoms with Crippen molar-refractivity contribution in [3.05, 3.63) is 47.5 Å². The fourth-order valence-electron chi connectivity index (χ4n) is 1.98. The van der Waals surface area contributed by atoms with E-state index in [1.165, 1.54) is 20.3 Å². The first-order chi connectivity index (χ1) is 10.8. The minimum Gasteiger partial charge on any atom is -0.493 e. The van der Waals surface area contributed by atoms with Crippen LogP contribution in [0.1, 0.15) is 5.56 Å². The molecule has 0 saturated heterocycles. The molecule has 0 bridgehead atoms. The molecular formula is C15H15F2NO4S. The molecule has 0 unspecified atom stereocenters. The molecule has 0 spiro atoms. The molecule has 124 valence electrons. The Labute approximate surface area is 132 Å². The van der Waals surface area contributed by atoms with Gasteiger partial charge in [0.2, 0.25) is 0 Å². The number of hydrogen-bond acceptors (Lipinski definition) is 4. The average molecular weight is 343 g/mol. The van der Waals surface area contributed by atoms with E-state index in [-0.39, 0.29) is 5.69 Å². The molecule has 8 heteroatoms. The van der Waals surface area contributed by atoms with Gasteiger partial charge in [-0.05, 0) is 30.7 Å². The molecule has 0 aliphatic heterocycles. The van der Waals surface area contributed by atoms with E-state index in [1.54, 1.807) is 13.0 Å². The lowest BCUT2D eigenvalue weighted by Gasteiger charge is -2.15. The lowest BCUT2D eigenvalue weighted by Crippen LogP contribution is -2.15. The first-order valence-electron chi connectivity index (χ1n) is 6.49. The largest absolute Gasteiger partial charge is 0.493 e. The number of anilines is 1. The van der Waals surface area contributed by atoms with Gasteiger partial charge in [-0.2, -0.15) is 0 Å². The van der Waals surface area contributed by atoms with E-state index in [9.17, 15) is 17.2 Å². The van der Waals surface area contributed by atoms with Gasteiger partial charge in [0.25, 0.3) is 10.0 Å². The van der Waals surface area contributed by atoms with E-state index in [1.807, 2.05) is 0 Å². The maximum Gasteiger partial charge on any atom is 0.264 e. The van der Waals surface area contributed by atoms with E-state index in [2.05, 4.69) is 4.72 Å². The van der Waals surface area contributed by atoms with Crippen LogP contribution in [0.5, 0.6) is 11.5 Å². The third-order valence-electron chi connectivity index (χ3n) is 3.16. The Morgan fingerprint density at radius 2 is 1.61 bits per heavy atom. The first kappa shape index (κ1) is 17.0. The van der Waals surface area contributed by atoms with Crippen LogP contribution >= 0.6 is 0 Å². The van der Waals surface area contributed by atoms with Crippen molar-refractivity contribution in [2.24, 2.45) is 0 Å². The van der Waals surface area contributed by atoms with Crippen molar-refractivity contribution < 1.29 is 26.7 Å².